The minimum absolute atomic E-state index is 0.560. The molecule has 0 radical (unpaired) electrons. The average Bonchev–Trinajstić information content (AvgIpc) is 1.65. The zero-order valence-electron chi connectivity index (χ0n) is 4.02. The molecular formula is C5H9P. The SMILES string of the molecule is C=CC(C)P=C. The summed E-state index contributed by atoms with van der Waals surface area (Å²) in [7, 11) is 1.16. The summed E-state index contributed by atoms with van der Waals surface area (Å²) in [6.07, 6.45) is 5.55. The van der Waals surface area contributed by atoms with Gasteiger partial charge in [-0.3, -0.25) is 0 Å². The fraction of sp³-hybridized carbons (Fsp3) is 0.400. The molecule has 0 spiro atoms. The number of hydrogen-bond donors (Lipinski definition) is 0. The Morgan fingerprint density at radius 1 is 1.83 bits per heavy atom. The fourth-order valence-electron chi connectivity index (χ4n) is 0.0745. The molecule has 6 heavy (non-hydrogen) atoms. The maximum Gasteiger partial charge on any atom is 0.0152 e. The Labute approximate surface area is 40.7 Å². The summed E-state index contributed by atoms with van der Waals surface area (Å²) < 4.78 is 0. The predicted octanol–water partition coefficient (Wildman–Crippen LogP) is 1.94. The molecule has 0 aromatic carbocycles. The van der Waals surface area contributed by atoms with Crippen LogP contribution in [0.5, 0.6) is 0 Å². The van der Waals surface area contributed by atoms with Crippen molar-refractivity contribution in [2.45, 2.75) is 12.6 Å². The first-order valence-corrected chi connectivity index (χ1v) is 3.04. The molecule has 0 bridgehead atoms. The average molecular weight is 100 g/mol. The van der Waals surface area contributed by atoms with E-state index in [-0.39, 0.29) is 0 Å². The normalized spacial score (nSPS) is 14.2. The van der Waals surface area contributed by atoms with Crippen LogP contribution in [0.1, 0.15) is 6.92 Å². The molecule has 0 aromatic heterocycles. The van der Waals surface area contributed by atoms with Crippen molar-refractivity contribution in [1.82, 2.24) is 0 Å². The zero-order valence-corrected chi connectivity index (χ0v) is 4.91. The van der Waals surface area contributed by atoms with Gasteiger partial charge in [-0.1, -0.05) is 19.3 Å². The largest absolute Gasteiger partial charge is 0.105 e. The Kier molecular flexibility index (Phi) is 3.07. The Morgan fingerprint density at radius 3 is 2.33 bits per heavy atom. The highest BCUT2D eigenvalue weighted by molar-refractivity contribution is 7.37. The maximum absolute atomic E-state index is 3.66. The van der Waals surface area contributed by atoms with E-state index in [9.17, 15) is 0 Å². The van der Waals surface area contributed by atoms with E-state index in [0.29, 0.717) is 5.66 Å². The molecule has 0 amide bonds. The molecule has 0 rings (SSSR count). The van der Waals surface area contributed by atoms with Crippen LogP contribution in [0.25, 0.3) is 0 Å². The smallest absolute Gasteiger partial charge is 0.0152 e. The van der Waals surface area contributed by atoms with Crippen molar-refractivity contribution in [3.63, 3.8) is 0 Å². The van der Waals surface area contributed by atoms with Crippen LogP contribution in [0.2, 0.25) is 0 Å². The van der Waals surface area contributed by atoms with Gasteiger partial charge in [-0.25, -0.2) is 0 Å². The third kappa shape index (κ3) is 2.17. The van der Waals surface area contributed by atoms with Gasteiger partial charge in [-0.2, -0.15) is 0 Å². The van der Waals surface area contributed by atoms with Crippen molar-refractivity contribution in [1.29, 1.82) is 0 Å². The van der Waals surface area contributed by atoms with Gasteiger partial charge >= 0.3 is 0 Å². The molecule has 0 saturated heterocycles. The van der Waals surface area contributed by atoms with Crippen LogP contribution in [0.4, 0.5) is 0 Å². The van der Waals surface area contributed by atoms with Crippen LogP contribution in [0, 0.1) is 0 Å². The molecule has 0 aliphatic rings. The van der Waals surface area contributed by atoms with Gasteiger partial charge in [0.25, 0.3) is 0 Å². The summed E-state index contributed by atoms with van der Waals surface area (Å²) in [4.78, 5) is 0. The summed E-state index contributed by atoms with van der Waals surface area (Å²) >= 11 is 0. The lowest BCUT2D eigenvalue weighted by Crippen LogP contribution is -1.77. The van der Waals surface area contributed by atoms with E-state index in [4.69, 9.17) is 0 Å². The van der Waals surface area contributed by atoms with Crippen molar-refractivity contribution < 1.29 is 0 Å². The minimum Gasteiger partial charge on any atom is -0.105 e. The van der Waals surface area contributed by atoms with Gasteiger partial charge in [-0.05, 0) is 0 Å². The number of rotatable bonds is 2. The summed E-state index contributed by atoms with van der Waals surface area (Å²) in [5.41, 5.74) is 0.560. The standard InChI is InChI=1S/C5H9P/c1-4-5(2)6-3/h4-5H,1,3H2,2H3. The van der Waals surface area contributed by atoms with Crippen molar-refractivity contribution in [3.8, 4) is 0 Å². The second kappa shape index (κ2) is 3.11. The summed E-state index contributed by atoms with van der Waals surface area (Å²) in [6.45, 7) is 5.67. The highest BCUT2D eigenvalue weighted by Gasteiger charge is 1.79. The molecule has 1 atom stereocenters. The molecule has 0 fully saturated rings. The molecule has 34 valence electrons. The molecular weight excluding hydrogens is 91.0 g/mol. The van der Waals surface area contributed by atoms with Crippen molar-refractivity contribution in [2.24, 2.45) is 0 Å². The molecule has 1 unspecified atom stereocenters. The van der Waals surface area contributed by atoms with Crippen molar-refractivity contribution >= 4 is 14.5 Å². The minimum atomic E-state index is 0.560. The Morgan fingerprint density at radius 2 is 2.33 bits per heavy atom. The zero-order chi connectivity index (χ0) is 4.99. The number of hydrogen-bond acceptors (Lipinski definition) is 0. The lowest BCUT2D eigenvalue weighted by molar-refractivity contribution is 1.26. The van der Waals surface area contributed by atoms with Crippen LogP contribution >= 0.6 is 8.20 Å². The molecule has 0 nitrogen and oxygen atoms in total. The summed E-state index contributed by atoms with van der Waals surface area (Å²) in [5.74, 6) is 0. The van der Waals surface area contributed by atoms with Crippen molar-refractivity contribution in [3.05, 3.63) is 12.7 Å². The topological polar surface area (TPSA) is 0 Å². The molecule has 0 aliphatic heterocycles. The first-order chi connectivity index (χ1) is 2.81. The first-order valence-electron chi connectivity index (χ1n) is 1.89. The van der Waals surface area contributed by atoms with Gasteiger partial charge in [0.1, 0.15) is 0 Å². The van der Waals surface area contributed by atoms with Crippen molar-refractivity contribution in [2.75, 3.05) is 0 Å². The Bertz CT molecular complexity index is 49.0. The highest BCUT2D eigenvalue weighted by atomic mass is 31.1. The molecule has 0 aliphatic carbocycles. The van der Waals surface area contributed by atoms with Crippen LogP contribution in [0.3, 0.4) is 0 Å². The second-order valence-corrected chi connectivity index (χ2v) is 2.34. The fourth-order valence-corrected chi connectivity index (χ4v) is 0.224. The Balaban J connectivity index is 3.21. The van der Waals surface area contributed by atoms with Crippen LogP contribution in [-0.2, 0) is 0 Å². The lowest BCUT2D eigenvalue weighted by Gasteiger charge is -1.87. The van der Waals surface area contributed by atoms with E-state index in [1.54, 1.807) is 0 Å². The predicted molar refractivity (Wildman–Crippen MR) is 33.7 cm³/mol. The van der Waals surface area contributed by atoms with E-state index < -0.39 is 0 Å². The third-order valence-corrected chi connectivity index (χ3v) is 1.42. The third-order valence-electron chi connectivity index (χ3n) is 0.629. The molecule has 0 saturated carbocycles. The molecule has 0 aromatic rings. The van der Waals surface area contributed by atoms with E-state index in [0.717, 1.165) is 8.20 Å². The monoisotopic (exact) mass is 100 g/mol. The quantitative estimate of drug-likeness (QED) is 0.367. The second-order valence-electron chi connectivity index (χ2n) is 1.16. The lowest BCUT2D eigenvalue weighted by atomic mass is 10.5. The van der Waals surface area contributed by atoms with Gasteiger partial charge in [0.05, 0.1) is 0 Å². The van der Waals surface area contributed by atoms with E-state index in [2.05, 4.69) is 19.8 Å². The molecule has 0 N–H and O–H groups in total. The molecule has 0 heterocycles. The van der Waals surface area contributed by atoms with E-state index in [1.807, 2.05) is 6.08 Å². The van der Waals surface area contributed by atoms with E-state index >= 15 is 0 Å². The maximum atomic E-state index is 3.66. The van der Waals surface area contributed by atoms with Gasteiger partial charge < -0.3 is 0 Å². The van der Waals surface area contributed by atoms with Crippen LogP contribution in [0.15, 0.2) is 12.7 Å². The summed E-state index contributed by atoms with van der Waals surface area (Å²) in [6, 6.07) is 0. The van der Waals surface area contributed by atoms with Gasteiger partial charge in [0, 0.05) is 5.66 Å². The van der Waals surface area contributed by atoms with Gasteiger partial charge in [-0.15, -0.1) is 14.8 Å². The van der Waals surface area contributed by atoms with Gasteiger partial charge in [0.15, 0.2) is 0 Å². The number of allylic oxidation sites excluding steroid dienone is 1. The van der Waals surface area contributed by atoms with Gasteiger partial charge in [0.2, 0.25) is 0 Å². The molecule has 1 heteroatoms. The van der Waals surface area contributed by atoms with Crippen LogP contribution < -0.4 is 0 Å². The first kappa shape index (κ1) is 5.91. The van der Waals surface area contributed by atoms with Crippen LogP contribution in [-0.4, -0.2) is 12.0 Å². The highest BCUT2D eigenvalue weighted by Crippen LogP contribution is 2.02. The van der Waals surface area contributed by atoms with E-state index in [1.165, 1.54) is 0 Å². The Hall–Kier alpha value is -0.0900. The summed E-state index contributed by atoms with van der Waals surface area (Å²) in [5, 5.41) is 0.